The summed E-state index contributed by atoms with van der Waals surface area (Å²) in [6, 6.07) is 6.56. The smallest absolute Gasteiger partial charge is 0.146 e. The molecule has 1 aromatic rings. The predicted octanol–water partition coefficient (Wildman–Crippen LogP) is 2.11. The van der Waals surface area contributed by atoms with Gasteiger partial charge < -0.3 is 5.32 Å². The second kappa shape index (κ2) is 2.49. The van der Waals surface area contributed by atoms with E-state index in [4.69, 9.17) is 0 Å². The number of nitrogens with one attached hydrogen (secondary N) is 1. The lowest BCUT2D eigenvalue weighted by molar-refractivity contribution is 0.631. The molecular weight excluding hydrogens is 117 g/mol. The molecule has 0 aliphatic rings. The fourth-order valence-corrected chi connectivity index (χ4v) is 0.664. The number of benzene rings is 1. The maximum absolute atomic E-state index is 12.5. The van der Waals surface area contributed by atoms with Crippen molar-refractivity contribution in [2.24, 2.45) is 0 Å². The second-order valence-electron chi connectivity index (χ2n) is 1.73. The Morgan fingerprint density at radius 1 is 1.44 bits per heavy atom. The topological polar surface area (TPSA) is 12.0 Å². The Kier molecular flexibility index (Phi) is 1.68. The Hall–Kier alpha value is -1.05. The number of hydrogen-bond acceptors (Lipinski definition) is 1. The van der Waals surface area contributed by atoms with Gasteiger partial charge >= 0.3 is 0 Å². The quantitative estimate of drug-likeness (QED) is 0.609. The molecule has 0 amide bonds. The van der Waals surface area contributed by atoms with Gasteiger partial charge in [0.15, 0.2) is 0 Å². The van der Waals surface area contributed by atoms with Crippen LogP contribution in [0.15, 0.2) is 24.3 Å². The zero-order chi connectivity index (χ0) is 6.69. The maximum atomic E-state index is 12.5. The van der Waals surface area contributed by atoms with Gasteiger partial charge in [0.25, 0.3) is 0 Å². The minimum Gasteiger partial charge on any atom is -0.386 e. The molecule has 1 aromatic carbocycles. The summed E-state index contributed by atoms with van der Waals surface area (Å²) in [6.07, 6.45) is 0. The molecular formula is C7H10FN. The van der Waals surface area contributed by atoms with Gasteiger partial charge in [-0.15, -0.1) is 0 Å². The zero-order valence-electron chi connectivity index (χ0n) is 5.19. The Bertz CT molecular complexity index is 203. The van der Waals surface area contributed by atoms with Gasteiger partial charge in [-0.2, -0.15) is 0 Å². The minimum absolute atomic E-state index is 0. The standard InChI is InChI=1S/C7H8FN.H2/c1-9-7-5-3-2-4-6(7)8;/h2-5,9H,1H3;1H. The average molecular weight is 127 g/mol. The summed E-state index contributed by atoms with van der Waals surface area (Å²) in [5.74, 6) is -0.208. The number of hydrogen-bond donors (Lipinski definition) is 1. The van der Waals surface area contributed by atoms with E-state index in [1.165, 1.54) is 6.07 Å². The molecule has 0 saturated carbocycles. The van der Waals surface area contributed by atoms with Crippen molar-refractivity contribution in [1.82, 2.24) is 0 Å². The Labute approximate surface area is 55.0 Å². The normalized spacial score (nSPS) is 9.11. The van der Waals surface area contributed by atoms with E-state index in [1.54, 1.807) is 25.2 Å². The molecule has 0 atom stereocenters. The molecule has 0 unspecified atom stereocenters. The van der Waals surface area contributed by atoms with Crippen LogP contribution < -0.4 is 5.32 Å². The summed E-state index contributed by atoms with van der Waals surface area (Å²) < 4.78 is 12.5. The molecule has 1 rings (SSSR count). The summed E-state index contributed by atoms with van der Waals surface area (Å²) in [4.78, 5) is 0. The van der Waals surface area contributed by atoms with Gasteiger partial charge in [0.05, 0.1) is 5.69 Å². The van der Waals surface area contributed by atoms with E-state index in [2.05, 4.69) is 5.32 Å². The highest BCUT2D eigenvalue weighted by Gasteiger charge is 1.93. The van der Waals surface area contributed by atoms with Crippen LogP contribution in [0.25, 0.3) is 0 Å². The largest absolute Gasteiger partial charge is 0.386 e. The van der Waals surface area contributed by atoms with Crippen LogP contribution in [0.4, 0.5) is 10.1 Å². The van der Waals surface area contributed by atoms with Gasteiger partial charge in [0.2, 0.25) is 0 Å². The first-order valence-electron chi connectivity index (χ1n) is 2.77. The SMILES string of the molecule is CNc1ccccc1F.[HH]. The zero-order valence-corrected chi connectivity index (χ0v) is 5.19. The summed E-state index contributed by atoms with van der Waals surface area (Å²) in [7, 11) is 1.69. The number of rotatable bonds is 1. The van der Waals surface area contributed by atoms with Gasteiger partial charge in [-0.05, 0) is 12.1 Å². The summed E-state index contributed by atoms with van der Waals surface area (Å²) in [6.45, 7) is 0. The van der Waals surface area contributed by atoms with E-state index in [9.17, 15) is 4.39 Å². The molecule has 0 aliphatic heterocycles. The first-order chi connectivity index (χ1) is 4.34. The molecule has 0 spiro atoms. The van der Waals surface area contributed by atoms with Crippen LogP contribution in [0.1, 0.15) is 1.43 Å². The van der Waals surface area contributed by atoms with Crippen LogP contribution in [0, 0.1) is 5.82 Å². The monoisotopic (exact) mass is 127 g/mol. The first kappa shape index (κ1) is 6.08. The van der Waals surface area contributed by atoms with Gasteiger partial charge in [-0.1, -0.05) is 12.1 Å². The number of halogens is 1. The van der Waals surface area contributed by atoms with Crippen LogP contribution in [0.2, 0.25) is 0 Å². The van der Waals surface area contributed by atoms with Gasteiger partial charge in [-0.25, -0.2) is 4.39 Å². The molecule has 0 aromatic heterocycles. The highest BCUT2D eigenvalue weighted by Crippen LogP contribution is 2.10. The third-order valence-corrected chi connectivity index (χ3v) is 1.14. The van der Waals surface area contributed by atoms with E-state index in [-0.39, 0.29) is 7.24 Å². The minimum atomic E-state index is -0.208. The van der Waals surface area contributed by atoms with Crippen molar-refractivity contribution in [1.29, 1.82) is 0 Å². The lowest BCUT2D eigenvalue weighted by Gasteiger charge is -1.97. The molecule has 2 heteroatoms. The molecule has 0 heterocycles. The molecule has 50 valence electrons. The van der Waals surface area contributed by atoms with E-state index >= 15 is 0 Å². The van der Waals surface area contributed by atoms with Crippen molar-refractivity contribution in [2.75, 3.05) is 12.4 Å². The number of anilines is 1. The molecule has 0 radical (unpaired) electrons. The van der Waals surface area contributed by atoms with E-state index in [0.29, 0.717) is 5.69 Å². The lowest BCUT2D eigenvalue weighted by atomic mass is 10.3. The van der Waals surface area contributed by atoms with Crippen LogP contribution in [0.3, 0.4) is 0 Å². The molecule has 0 aliphatic carbocycles. The van der Waals surface area contributed by atoms with Gasteiger partial charge in [-0.3, -0.25) is 0 Å². The van der Waals surface area contributed by atoms with Crippen molar-refractivity contribution in [2.45, 2.75) is 0 Å². The van der Waals surface area contributed by atoms with Crippen molar-refractivity contribution >= 4 is 5.69 Å². The highest BCUT2D eigenvalue weighted by atomic mass is 19.1. The summed E-state index contributed by atoms with van der Waals surface area (Å²) in [5, 5.41) is 2.72. The van der Waals surface area contributed by atoms with Crippen LogP contribution in [-0.2, 0) is 0 Å². The Morgan fingerprint density at radius 3 is 2.56 bits per heavy atom. The van der Waals surface area contributed by atoms with E-state index < -0.39 is 0 Å². The van der Waals surface area contributed by atoms with Crippen molar-refractivity contribution < 1.29 is 5.82 Å². The van der Waals surface area contributed by atoms with Gasteiger partial charge in [0, 0.05) is 8.47 Å². The predicted molar refractivity (Wildman–Crippen MR) is 38.1 cm³/mol. The Morgan fingerprint density at radius 2 is 2.11 bits per heavy atom. The fraction of sp³-hybridized carbons (Fsp3) is 0.143. The Balaban J connectivity index is 0.000000810. The molecule has 0 fully saturated rings. The third-order valence-electron chi connectivity index (χ3n) is 1.14. The highest BCUT2D eigenvalue weighted by molar-refractivity contribution is 5.43. The number of para-hydroxylation sites is 1. The van der Waals surface area contributed by atoms with Crippen LogP contribution in [-0.4, -0.2) is 7.05 Å². The molecule has 0 saturated heterocycles. The van der Waals surface area contributed by atoms with Crippen molar-refractivity contribution in [3.8, 4) is 0 Å². The van der Waals surface area contributed by atoms with E-state index in [1.807, 2.05) is 0 Å². The second-order valence-corrected chi connectivity index (χ2v) is 1.73. The van der Waals surface area contributed by atoms with Gasteiger partial charge in [0.1, 0.15) is 5.82 Å². The van der Waals surface area contributed by atoms with Crippen LogP contribution in [0.5, 0.6) is 0 Å². The van der Waals surface area contributed by atoms with Crippen molar-refractivity contribution in [3.63, 3.8) is 0 Å². The maximum Gasteiger partial charge on any atom is 0.146 e. The summed E-state index contributed by atoms with van der Waals surface area (Å²) >= 11 is 0. The van der Waals surface area contributed by atoms with E-state index in [0.717, 1.165) is 0 Å². The fourth-order valence-electron chi connectivity index (χ4n) is 0.664. The lowest BCUT2D eigenvalue weighted by Crippen LogP contribution is -1.90. The third kappa shape index (κ3) is 1.19. The molecule has 0 bridgehead atoms. The van der Waals surface area contributed by atoms with Crippen LogP contribution >= 0.6 is 0 Å². The average Bonchev–Trinajstić information content (AvgIpc) is 1.89. The summed E-state index contributed by atoms with van der Waals surface area (Å²) in [5.41, 5.74) is 0.539. The first-order valence-corrected chi connectivity index (χ1v) is 2.77. The molecule has 9 heavy (non-hydrogen) atoms. The molecule has 1 nitrogen and oxygen atoms in total. The van der Waals surface area contributed by atoms with Crippen molar-refractivity contribution in [3.05, 3.63) is 30.1 Å². The molecule has 1 N–H and O–H groups in total.